The molecule has 1 aromatic heterocycles. The SMILES string of the molecule is CN[C@H]1CC[C@@H](N(Cc2cc(-c3ccc(C)nc3)ccc2OC)C(=O)C2=C(Cl)c3c(C)cccc3C2)CC1. The van der Waals surface area contributed by atoms with Crippen LogP contribution < -0.4 is 10.1 Å². The summed E-state index contributed by atoms with van der Waals surface area (Å²) in [6, 6.07) is 17.1. The number of benzene rings is 2. The molecule has 6 heteroatoms. The zero-order valence-corrected chi connectivity index (χ0v) is 23.4. The third-order valence-electron chi connectivity index (χ3n) is 8.14. The van der Waals surface area contributed by atoms with Crippen LogP contribution in [0.2, 0.25) is 0 Å². The number of hydrogen-bond donors (Lipinski definition) is 1. The second-order valence-corrected chi connectivity index (χ2v) is 10.9. The van der Waals surface area contributed by atoms with Gasteiger partial charge < -0.3 is 15.0 Å². The lowest BCUT2D eigenvalue weighted by molar-refractivity contribution is -0.130. The lowest BCUT2D eigenvalue weighted by atomic mass is 9.89. The van der Waals surface area contributed by atoms with Crippen LogP contribution >= 0.6 is 11.6 Å². The predicted octanol–water partition coefficient (Wildman–Crippen LogP) is 6.44. The van der Waals surface area contributed by atoms with Gasteiger partial charge in [0, 0.05) is 59.2 Å². The van der Waals surface area contributed by atoms with E-state index in [0.717, 1.165) is 70.5 Å². The highest BCUT2D eigenvalue weighted by atomic mass is 35.5. The van der Waals surface area contributed by atoms with Crippen molar-refractivity contribution in [1.29, 1.82) is 0 Å². The first kappa shape index (κ1) is 26.5. The average molecular weight is 530 g/mol. The summed E-state index contributed by atoms with van der Waals surface area (Å²) in [5, 5.41) is 4.01. The normalized spacial score (nSPS) is 18.9. The lowest BCUT2D eigenvalue weighted by Crippen LogP contribution is -2.45. The van der Waals surface area contributed by atoms with Crippen LogP contribution in [-0.4, -0.2) is 42.0 Å². The molecular weight excluding hydrogens is 494 g/mol. The monoisotopic (exact) mass is 529 g/mol. The number of aromatic nitrogens is 1. The summed E-state index contributed by atoms with van der Waals surface area (Å²) in [5.74, 6) is 0.809. The van der Waals surface area contributed by atoms with Gasteiger partial charge in [-0.1, -0.05) is 41.9 Å². The molecule has 1 saturated carbocycles. The third kappa shape index (κ3) is 5.23. The first-order chi connectivity index (χ1) is 18.4. The smallest absolute Gasteiger partial charge is 0.252 e. The van der Waals surface area contributed by atoms with Crippen molar-refractivity contribution in [3.05, 3.63) is 88.2 Å². The van der Waals surface area contributed by atoms with E-state index >= 15 is 0 Å². The standard InChI is InChI=1S/C32H36ClN3O2/c1-20-6-5-7-23-17-28(31(33)30(20)23)32(37)36(27-13-11-26(34-3)12-14-27)19-25-16-22(10-15-29(25)38-4)24-9-8-21(2)35-18-24/h5-10,15-16,18,26-27,34H,11-14,17,19H2,1-4H3/t26-,27+. The average Bonchev–Trinajstić information content (AvgIpc) is 3.29. The van der Waals surface area contributed by atoms with Gasteiger partial charge in [0.1, 0.15) is 5.75 Å². The number of methoxy groups -OCH3 is 1. The Morgan fingerprint density at radius 2 is 1.84 bits per heavy atom. The number of nitrogens with one attached hydrogen (secondary N) is 1. The molecule has 38 heavy (non-hydrogen) atoms. The molecule has 1 N–H and O–H groups in total. The number of aryl methyl sites for hydroxylation is 2. The number of hydrogen-bond acceptors (Lipinski definition) is 4. The Hall–Kier alpha value is -3.15. The van der Waals surface area contributed by atoms with Crippen LogP contribution in [0.25, 0.3) is 16.2 Å². The summed E-state index contributed by atoms with van der Waals surface area (Å²) in [6.45, 7) is 4.51. The Balaban J connectivity index is 1.51. The molecule has 0 bridgehead atoms. The number of carbonyl (C=O) groups is 1. The Bertz CT molecular complexity index is 1360. The molecule has 1 fully saturated rings. The van der Waals surface area contributed by atoms with E-state index in [2.05, 4.69) is 52.5 Å². The molecule has 2 aliphatic carbocycles. The van der Waals surface area contributed by atoms with E-state index in [9.17, 15) is 4.79 Å². The second kappa shape index (κ2) is 11.3. The van der Waals surface area contributed by atoms with E-state index in [-0.39, 0.29) is 11.9 Å². The molecule has 0 radical (unpaired) electrons. The molecule has 0 atom stereocenters. The van der Waals surface area contributed by atoms with Crippen molar-refractivity contribution in [2.24, 2.45) is 0 Å². The van der Waals surface area contributed by atoms with Crippen LogP contribution in [0.4, 0.5) is 0 Å². The van der Waals surface area contributed by atoms with Gasteiger partial charge in [-0.2, -0.15) is 0 Å². The van der Waals surface area contributed by atoms with Gasteiger partial charge in [-0.25, -0.2) is 0 Å². The molecule has 5 nitrogen and oxygen atoms in total. The van der Waals surface area contributed by atoms with Crippen molar-refractivity contribution < 1.29 is 9.53 Å². The topological polar surface area (TPSA) is 54.5 Å². The third-order valence-corrected chi connectivity index (χ3v) is 8.56. The highest BCUT2D eigenvalue weighted by Crippen LogP contribution is 2.40. The minimum atomic E-state index is 0.0305. The predicted molar refractivity (Wildman–Crippen MR) is 154 cm³/mol. The second-order valence-electron chi connectivity index (χ2n) is 10.5. The van der Waals surface area contributed by atoms with Crippen molar-refractivity contribution in [3.8, 4) is 16.9 Å². The highest BCUT2D eigenvalue weighted by Gasteiger charge is 2.34. The molecule has 0 unspecified atom stereocenters. The molecule has 2 aromatic carbocycles. The van der Waals surface area contributed by atoms with Crippen molar-refractivity contribution in [1.82, 2.24) is 15.2 Å². The Morgan fingerprint density at radius 3 is 2.50 bits per heavy atom. The summed E-state index contributed by atoms with van der Waals surface area (Å²) in [4.78, 5) is 20.8. The van der Waals surface area contributed by atoms with Crippen LogP contribution in [0.1, 0.15) is 53.6 Å². The van der Waals surface area contributed by atoms with Crippen LogP contribution in [-0.2, 0) is 17.8 Å². The number of fused-ring (bicyclic) bond motifs is 1. The minimum absolute atomic E-state index is 0.0305. The fourth-order valence-electron chi connectivity index (χ4n) is 5.90. The van der Waals surface area contributed by atoms with Crippen molar-refractivity contribution >= 4 is 22.5 Å². The van der Waals surface area contributed by atoms with Crippen LogP contribution in [0.15, 0.2) is 60.3 Å². The number of pyridine rings is 1. The number of carbonyl (C=O) groups excluding carboxylic acids is 1. The minimum Gasteiger partial charge on any atom is -0.496 e. The van der Waals surface area contributed by atoms with E-state index in [0.29, 0.717) is 29.6 Å². The van der Waals surface area contributed by atoms with E-state index in [1.807, 2.05) is 38.4 Å². The van der Waals surface area contributed by atoms with Crippen molar-refractivity contribution in [2.45, 2.75) is 64.6 Å². The molecule has 1 heterocycles. The van der Waals surface area contributed by atoms with Gasteiger partial charge in [0.2, 0.25) is 0 Å². The fraction of sp³-hybridized carbons (Fsp3) is 0.375. The summed E-state index contributed by atoms with van der Waals surface area (Å²) in [7, 11) is 3.71. The van der Waals surface area contributed by atoms with Gasteiger partial charge in [-0.3, -0.25) is 9.78 Å². The van der Waals surface area contributed by atoms with Gasteiger partial charge in [-0.05, 0) is 81.5 Å². The first-order valence-electron chi connectivity index (χ1n) is 13.4. The summed E-state index contributed by atoms with van der Waals surface area (Å²) in [6.07, 6.45) is 6.47. The molecule has 198 valence electrons. The van der Waals surface area contributed by atoms with Crippen LogP contribution in [0.5, 0.6) is 5.75 Å². The molecule has 0 spiro atoms. The first-order valence-corrected chi connectivity index (χ1v) is 13.8. The van der Waals surface area contributed by atoms with Gasteiger partial charge in [0.25, 0.3) is 5.91 Å². The Kier molecular flexibility index (Phi) is 7.87. The quantitative estimate of drug-likeness (QED) is 0.382. The van der Waals surface area contributed by atoms with Gasteiger partial charge in [-0.15, -0.1) is 0 Å². The zero-order chi connectivity index (χ0) is 26.8. The lowest BCUT2D eigenvalue weighted by Gasteiger charge is -2.37. The van der Waals surface area contributed by atoms with E-state index in [1.54, 1.807) is 7.11 Å². The molecule has 0 saturated heterocycles. The van der Waals surface area contributed by atoms with Crippen LogP contribution in [0.3, 0.4) is 0 Å². The maximum atomic E-state index is 14.3. The largest absolute Gasteiger partial charge is 0.496 e. The fourth-order valence-corrected chi connectivity index (χ4v) is 6.32. The zero-order valence-electron chi connectivity index (χ0n) is 22.7. The maximum absolute atomic E-state index is 14.3. The van der Waals surface area contributed by atoms with Crippen molar-refractivity contribution in [3.63, 3.8) is 0 Å². The number of rotatable bonds is 7. The Labute approximate surface area is 230 Å². The number of nitrogens with zero attached hydrogens (tertiary/aromatic N) is 2. The molecule has 2 aliphatic rings. The maximum Gasteiger partial charge on any atom is 0.252 e. The molecule has 3 aromatic rings. The summed E-state index contributed by atoms with van der Waals surface area (Å²) in [5.41, 5.74) is 8.01. The summed E-state index contributed by atoms with van der Waals surface area (Å²) >= 11 is 6.91. The van der Waals surface area contributed by atoms with Gasteiger partial charge in [0.05, 0.1) is 12.1 Å². The van der Waals surface area contributed by atoms with E-state index in [1.165, 1.54) is 0 Å². The molecule has 1 amide bonds. The molecule has 5 rings (SSSR count). The van der Waals surface area contributed by atoms with Crippen molar-refractivity contribution in [2.75, 3.05) is 14.2 Å². The van der Waals surface area contributed by atoms with Crippen LogP contribution in [0, 0.1) is 13.8 Å². The Morgan fingerprint density at radius 1 is 1.08 bits per heavy atom. The van der Waals surface area contributed by atoms with Gasteiger partial charge in [0.15, 0.2) is 0 Å². The van der Waals surface area contributed by atoms with E-state index < -0.39 is 0 Å². The summed E-state index contributed by atoms with van der Waals surface area (Å²) < 4.78 is 5.77. The highest BCUT2D eigenvalue weighted by molar-refractivity contribution is 6.52. The molecular formula is C32H36ClN3O2. The molecule has 0 aliphatic heterocycles. The number of amides is 1. The number of ether oxygens (including phenoxy) is 1. The van der Waals surface area contributed by atoms with Gasteiger partial charge >= 0.3 is 0 Å². The van der Waals surface area contributed by atoms with E-state index in [4.69, 9.17) is 16.3 Å². The number of halogens is 1.